The monoisotopic (exact) mass is 352 g/mol. The van der Waals surface area contributed by atoms with Gasteiger partial charge in [0, 0.05) is 10.5 Å². The third-order valence-corrected chi connectivity index (χ3v) is 4.60. The number of nitrogens with zero attached hydrogens (tertiary/aromatic N) is 3. The van der Waals surface area contributed by atoms with Gasteiger partial charge in [0.1, 0.15) is 0 Å². The van der Waals surface area contributed by atoms with Crippen LogP contribution in [0.25, 0.3) is 11.0 Å². The second-order valence-electron chi connectivity index (χ2n) is 5.49. The highest BCUT2D eigenvalue weighted by Crippen LogP contribution is 2.27. The van der Waals surface area contributed by atoms with E-state index in [0.717, 1.165) is 41.6 Å². The molecule has 21 heavy (non-hydrogen) atoms. The van der Waals surface area contributed by atoms with Gasteiger partial charge >= 0.3 is 0 Å². The first kappa shape index (κ1) is 16.3. The van der Waals surface area contributed by atoms with Gasteiger partial charge in [-0.3, -0.25) is 0 Å². The molecule has 0 radical (unpaired) electrons. The summed E-state index contributed by atoms with van der Waals surface area (Å²) in [6, 6.07) is 6.52. The fourth-order valence-electron chi connectivity index (χ4n) is 2.83. The van der Waals surface area contributed by atoms with Crippen molar-refractivity contribution in [2.75, 3.05) is 25.4 Å². The van der Waals surface area contributed by atoms with Crippen molar-refractivity contribution in [2.24, 2.45) is 0 Å². The second kappa shape index (κ2) is 7.27. The molecule has 0 saturated carbocycles. The lowest BCUT2D eigenvalue weighted by Crippen LogP contribution is -2.24. The molecule has 1 aromatic heterocycles. The largest absolute Gasteiger partial charge is 0.369 e. The van der Waals surface area contributed by atoms with Gasteiger partial charge in [0.25, 0.3) is 0 Å². The van der Waals surface area contributed by atoms with E-state index in [0.29, 0.717) is 12.0 Å². The van der Waals surface area contributed by atoms with Crippen LogP contribution in [0.2, 0.25) is 0 Å². The Labute approximate surface area is 135 Å². The highest BCUT2D eigenvalue weighted by atomic mass is 79.9. The molecule has 0 saturated heterocycles. The third kappa shape index (κ3) is 3.77. The highest BCUT2D eigenvalue weighted by Gasteiger charge is 2.14. The van der Waals surface area contributed by atoms with E-state index in [9.17, 15) is 0 Å². The van der Waals surface area contributed by atoms with Crippen LogP contribution in [0, 0.1) is 0 Å². The maximum absolute atomic E-state index is 6.11. The molecule has 0 aliphatic rings. The summed E-state index contributed by atoms with van der Waals surface area (Å²) in [5.74, 6) is 0.610. The quantitative estimate of drug-likeness (QED) is 0.816. The molecular formula is C16H25BrN4. The van der Waals surface area contributed by atoms with Crippen LogP contribution in [0.3, 0.4) is 0 Å². The number of hydrogen-bond acceptors (Lipinski definition) is 3. The smallest absolute Gasteiger partial charge is 0.201 e. The lowest BCUT2D eigenvalue weighted by atomic mass is 10.1. The van der Waals surface area contributed by atoms with Gasteiger partial charge in [-0.1, -0.05) is 29.8 Å². The van der Waals surface area contributed by atoms with Crippen LogP contribution >= 0.6 is 15.9 Å². The van der Waals surface area contributed by atoms with E-state index < -0.39 is 0 Å². The van der Waals surface area contributed by atoms with Crippen LogP contribution in [-0.2, 0) is 0 Å². The van der Waals surface area contributed by atoms with Crippen LogP contribution in [0.15, 0.2) is 22.7 Å². The van der Waals surface area contributed by atoms with E-state index >= 15 is 0 Å². The van der Waals surface area contributed by atoms with Gasteiger partial charge in [-0.15, -0.1) is 0 Å². The Balaban J connectivity index is 2.09. The Morgan fingerprint density at radius 3 is 2.71 bits per heavy atom. The number of benzene rings is 1. The van der Waals surface area contributed by atoms with Gasteiger partial charge in [0.05, 0.1) is 11.0 Å². The van der Waals surface area contributed by atoms with Gasteiger partial charge in [-0.05, 0) is 57.6 Å². The molecule has 1 aromatic carbocycles. The predicted octanol–water partition coefficient (Wildman–Crippen LogP) is 4.06. The maximum Gasteiger partial charge on any atom is 0.201 e. The molecular weight excluding hydrogens is 328 g/mol. The molecule has 5 heteroatoms. The van der Waals surface area contributed by atoms with E-state index in [1.165, 1.54) is 6.42 Å². The van der Waals surface area contributed by atoms with Gasteiger partial charge < -0.3 is 15.2 Å². The molecule has 4 nitrogen and oxygen atoms in total. The summed E-state index contributed by atoms with van der Waals surface area (Å²) >= 11 is 3.48. The fourth-order valence-corrected chi connectivity index (χ4v) is 3.18. The van der Waals surface area contributed by atoms with Gasteiger partial charge in [0.2, 0.25) is 5.95 Å². The molecule has 1 atom stereocenters. The minimum atomic E-state index is 0.367. The highest BCUT2D eigenvalue weighted by molar-refractivity contribution is 9.10. The predicted molar refractivity (Wildman–Crippen MR) is 93.6 cm³/mol. The Kier molecular flexibility index (Phi) is 5.65. The van der Waals surface area contributed by atoms with Gasteiger partial charge in [-0.25, -0.2) is 4.98 Å². The Morgan fingerprint density at radius 1 is 1.33 bits per heavy atom. The zero-order chi connectivity index (χ0) is 15.4. The first-order valence-corrected chi connectivity index (χ1v) is 8.51. The molecule has 0 spiro atoms. The number of hydrogen-bond donors (Lipinski definition) is 1. The van der Waals surface area contributed by atoms with Crippen molar-refractivity contribution in [3.8, 4) is 0 Å². The van der Waals surface area contributed by atoms with Crippen LogP contribution in [0.4, 0.5) is 5.95 Å². The molecule has 1 heterocycles. The maximum atomic E-state index is 6.11. The van der Waals surface area contributed by atoms with Crippen molar-refractivity contribution >= 4 is 32.9 Å². The number of halogens is 1. The number of aromatic nitrogens is 2. The summed E-state index contributed by atoms with van der Waals surface area (Å²) in [4.78, 5) is 6.93. The minimum absolute atomic E-state index is 0.367. The van der Waals surface area contributed by atoms with E-state index in [1.54, 1.807) is 0 Å². The summed E-state index contributed by atoms with van der Waals surface area (Å²) in [5, 5.41) is 0. The fraction of sp³-hybridized carbons (Fsp3) is 0.562. The number of nitrogens with two attached hydrogens (primary N) is 1. The van der Waals surface area contributed by atoms with E-state index in [4.69, 9.17) is 5.73 Å². The van der Waals surface area contributed by atoms with Gasteiger partial charge in [0.15, 0.2) is 0 Å². The zero-order valence-corrected chi connectivity index (χ0v) is 14.7. The Morgan fingerprint density at radius 2 is 2.05 bits per heavy atom. The first-order chi connectivity index (χ1) is 10.1. The standard InChI is InChI=1S/C16H25BrN4/c1-4-20(5-2)10-6-7-12(3)21-15-9-8-13(17)11-14(15)19-16(21)18/h8-9,11-12H,4-7,10H2,1-3H3,(H2,18,19). The summed E-state index contributed by atoms with van der Waals surface area (Å²) in [6.45, 7) is 10.0. The van der Waals surface area contributed by atoms with Crippen LogP contribution in [0.1, 0.15) is 39.7 Å². The molecule has 0 bridgehead atoms. The van der Waals surface area contributed by atoms with Gasteiger partial charge in [-0.2, -0.15) is 0 Å². The lowest BCUT2D eigenvalue weighted by molar-refractivity contribution is 0.289. The number of rotatable bonds is 7. The van der Waals surface area contributed by atoms with E-state index in [-0.39, 0.29) is 0 Å². The molecule has 2 N–H and O–H groups in total. The Hall–Kier alpha value is -1.07. The molecule has 1 unspecified atom stereocenters. The summed E-state index contributed by atoms with van der Waals surface area (Å²) in [6.07, 6.45) is 2.29. The molecule has 0 fully saturated rings. The zero-order valence-electron chi connectivity index (χ0n) is 13.1. The normalized spacial score (nSPS) is 13.2. The number of imidazole rings is 1. The minimum Gasteiger partial charge on any atom is -0.369 e. The topological polar surface area (TPSA) is 47.1 Å². The van der Waals surface area contributed by atoms with Crippen molar-refractivity contribution in [1.29, 1.82) is 0 Å². The van der Waals surface area contributed by atoms with E-state index in [2.05, 4.69) is 57.2 Å². The molecule has 0 aliphatic heterocycles. The summed E-state index contributed by atoms with van der Waals surface area (Å²) in [5.41, 5.74) is 8.19. The van der Waals surface area contributed by atoms with Crippen LogP contribution in [0.5, 0.6) is 0 Å². The SMILES string of the molecule is CCN(CC)CCCC(C)n1c(N)nc2cc(Br)ccc21. The summed E-state index contributed by atoms with van der Waals surface area (Å²) < 4.78 is 3.19. The third-order valence-electron chi connectivity index (χ3n) is 4.11. The molecule has 0 amide bonds. The number of anilines is 1. The van der Waals surface area contributed by atoms with Crippen molar-refractivity contribution in [3.05, 3.63) is 22.7 Å². The molecule has 116 valence electrons. The van der Waals surface area contributed by atoms with Crippen LogP contribution in [-0.4, -0.2) is 34.1 Å². The Bertz CT molecular complexity index is 589. The van der Waals surface area contributed by atoms with E-state index in [1.807, 2.05) is 12.1 Å². The van der Waals surface area contributed by atoms with Crippen molar-refractivity contribution in [2.45, 2.75) is 39.7 Å². The first-order valence-electron chi connectivity index (χ1n) is 7.72. The summed E-state index contributed by atoms with van der Waals surface area (Å²) in [7, 11) is 0. The van der Waals surface area contributed by atoms with Crippen LogP contribution < -0.4 is 5.73 Å². The second-order valence-corrected chi connectivity index (χ2v) is 6.41. The molecule has 2 rings (SSSR count). The molecule has 0 aliphatic carbocycles. The van der Waals surface area contributed by atoms with Crippen molar-refractivity contribution in [3.63, 3.8) is 0 Å². The number of fused-ring (bicyclic) bond motifs is 1. The van der Waals surface area contributed by atoms with Crippen molar-refractivity contribution in [1.82, 2.24) is 14.5 Å². The van der Waals surface area contributed by atoms with Crippen molar-refractivity contribution < 1.29 is 0 Å². The average Bonchev–Trinajstić information content (AvgIpc) is 2.78. The molecule has 2 aromatic rings. The average molecular weight is 353 g/mol. The lowest BCUT2D eigenvalue weighted by Gasteiger charge is -2.20. The number of nitrogen functional groups attached to an aromatic ring is 1.